The lowest BCUT2D eigenvalue weighted by atomic mass is 10.1. The van der Waals surface area contributed by atoms with Crippen LogP contribution in [0.4, 0.5) is 5.69 Å². The van der Waals surface area contributed by atoms with Crippen LogP contribution in [-0.4, -0.2) is 7.05 Å². The molecule has 0 bridgehead atoms. The standard InChI is InChI=1S/C11H15N/c1-4-5-10-7-6-9(2)11(8-10)12-3/h4,6-8,12H,1,5H2,2-3H3. The van der Waals surface area contributed by atoms with Gasteiger partial charge in [0, 0.05) is 12.7 Å². The van der Waals surface area contributed by atoms with Crippen LogP contribution >= 0.6 is 0 Å². The Morgan fingerprint density at radius 1 is 1.50 bits per heavy atom. The number of nitrogens with one attached hydrogen (secondary N) is 1. The first-order valence-corrected chi connectivity index (χ1v) is 4.16. The van der Waals surface area contributed by atoms with Crippen molar-refractivity contribution < 1.29 is 0 Å². The van der Waals surface area contributed by atoms with E-state index in [0.717, 1.165) is 6.42 Å². The summed E-state index contributed by atoms with van der Waals surface area (Å²) in [5.41, 5.74) is 3.79. The quantitative estimate of drug-likeness (QED) is 0.672. The SMILES string of the molecule is C=CCc1ccc(C)c(NC)c1. The van der Waals surface area contributed by atoms with Gasteiger partial charge in [0.05, 0.1) is 0 Å². The smallest absolute Gasteiger partial charge is 0.0370 e. The summed E-state index contributed by atoms with van der Waals surface area (Å²) in [5, 5.41) is 3.16. The van der Waals surface area contributed by atoms with E-state index in [2.05, 4.69) is 37.0 Å². The molecule has 0 aliphatic carbocycles. The van der Waals surface area contributed by atoms with Gasteiger partial charge in [0.2, 0.25) is 0 Å². The van der Waals surface area contributed by atoms with Crippen molar-refractivity contribution in [3.05, 3.63) is 42.0 Å². The van der Waals surface area contributed by atoms with Gasteiger partial charge < -0.3 is 5.32 Å². The van der Waals surface area contributed by atoms with E-state index in [1.807, 2.05) is 13.1 Å². The lowest BCUT2D eigenvalue weighted by Crippen LogP contribution is -1.93. The first kappa shape index (κ1) is 8.85. The molecule has 1 aromatic rings. The van der Waals surface area contributed by atoms with Crippen molar-refractivity contribution in [3.8, 4) is 0 Å². The zero-order chi connectivity index (χ0) is 8.97. The van der Waals surface area contributed by atoms with Gasteiger partial charge in [-0.3, -0.25) is 0 Å². The Labute approximate surface area is 74.1 Å². The molecule has 1 rings (SSSR count). The minimum Gasteiger partial charge on any atom is -0.388 e. The Hall–Kier alpha value is -1.24. The number of aryl methyl sites for hydroxylation is 1. The van der Waals surface area contributed by atoms with Gasteiger partial charge in [-0.05, 0) is 30.5 Å². The minimum absolute atomic E-state index is 0.939. The topological polar surface area (TPSA) is 12.0 Å². The average molecular weight is 161 g/mol. The molecule has 0 atom stereocenters. The number of rotatable bonds is 3. The molecule has 0 unspecified atom stereocenters. The fourth-order valence-electron chi connectivity index (χ4n) is 1.23. The van der Waals surface area contributed by atoms with Crippen LogP contribution in [0.5, 0.6) is 0 Å². The summed E-state index contributed by atoms with van der Waals surface area (Å²) in [6.07, 6.45) is 2.86. The normalized spacial score (nSPS) is 9.50. The predicted molar refractivity (Wildman–Crippen MR) is 54.6 cm³/mol. The van der Waals surface area contributed by atoms with Gasteiger partial charge in [-0.2, -0.15) is 0 Å². The molecule has 0 heterocycles. The highest BCUT2D eigenvalue weighted by atomic mass is 14.8. The molecular weight excluding hydrogens is 146 g/mol. The van der Waals surface area contributed by atoms with E-state index in [4.69, 9.17) is 0 Å². The molecular formula is C11H15N. The molecule has 0 saturated heterocycles. The third kappa shape index (κ3) is 1.88. The molecule has 64 valence electrons. The highest BCUT2D eigenvalue weighted by molar-refractivity contribution is 5.52. The monoisotopic (exact) mass is 161 g/mol. The fraction of sp³-hybridized carbons (Fsp3) is 0.273. The Bertz CT molecular complexity index is 276. The maximum atomic E-state index is 3.71. The molecule has 0 spiro atoms. The predicted octanol–water partition coefficient (Wildman–Crippen LogP) is 2.77. The second-order valence-electron chi connectivity index (χ2n) is 2.89. The third-order valence-corrected chi connectivity index (χ3v) is 1.95. The number of allylic oxidation sites excluding steroid dienone is 1. The zero-order valence-electron chi connectivity index (χ0n) is 7.72. The summed E-state index contributed by atoms with van der Waals surface area (Å²) in [7, 11) is 1.94. The molecule has 1 heteroatoms. The maximum Gasteiger partial charge on any atom is 0.0370 e. The lowest BCUT2D eigenvalue weighted by Gasteiger charge is -2.06. The van der Waals surface area contributed by atoms with Crippen molar-refractivity contribution >= 4 is 5.69 Å². The van der Waals surface area contributed by atoms with Crippen LogP contribution in [0.15, 0.2) is 30.9 Å². The number of hydrogen-bond donors (Lipinski definition) is 1. The van der Waals surface area contributed by atoms with Gasteiger partial charge in [0.25, 0.3) is 0 Å². The summed E-state index contributed by atoms with van der Waals surface area (Å²) in [4.78, 5) is 0. The second-order valence-corrected chi connectivity index (χ2v) is 2.89. The highest BCUT2D eigenvalue weighted by Crippen LogP contribution is 2.16. The van der Waals surface area contributed by atoms with E-state index < -0.39 is 0 Å². The van der Waals surface area contributed by atoms with Gasteiger partial charge in [0.15, 0.2) is 0 Å². The number of anilines is 1. The molecule has 0 amide bonds. The molecule has 0 saturated carbocycles. The van der Waals surface area contributed by atoms with E-state index in [9.17, 15) is 0 Å². The van der Waals surface area contributed by atoms with Crippen molar-refractivity contribution in [1.29, 1.82) is 0 Å². The van der Waals surface area contributed by atoms with Crippen molar-refractivity contribution in [1.82, 2.24) is 0 Å². The van der Waals surface area contributed by atoms with Crippen molar-refractivity contribution in [2.24, 2.45) is 0 Å². The van der Waals surface area contributed by atoms with Crippen LogP contribution in [0.2, 0.25) is 0 Å². The van der Waals surface area contributed by atoms with Crippen LogP contribution in [-0.2, 0) is 6.42 Å². The van der Waals surface area contributed by atoms with Gasteiger partial charge in [-0.25, -0.2) is 0 Å². The fourth-order valence-corrected chi connectivity index (χ4v) is 1.23. The summed E-state index contributed by atoms with van der Waals surface area (Å²) in [6, 6.07) is 6.43. The van der Waals surface area contributed by atoms with E-state index in [0.29, 0.717) is 0 Å². The van der Waals surface area contributed by atoms with E-state index in [-0.39, 0.29) is 0 Å². The van der Waals surface area contributed by atoms with Crippen molar-refractivity contribution in [2.45, 2.75) is 13.3 Å². The number of benzene rings is 1. The summed E-state index contributed by atoms with van der Waals surface area (Å²) in [5.74, 6) is 0. The Kier molecular flexibility index (Phi) is 2.92. The van der Waals surface area contributed by atoms with Crippen LogP contribution in [0.3, 0.4) is 0 Å². The first-order valence-electron chi connectivity index (χ1n) is 4.16. The van der Waals surface area contributed by atoms with Crippen molar-refractivity contribution in [2.75, 3.05) is 12.4 Å². The average Bonchev–Trinajstić information content (AvgIpc) is 2.09. The first-order chi connectivity index (χ1) is 5.77. The molecule has 12 heavy (non-hydrogen) atoms. The summed E-state index contributed by atoms with van der Waals surface area (Å²) in [6.45, 7) is 5.81. The van der Waals surface area contributed by atoms with E-state index in [1.165, 1.54) is 16.8 Å². The lowest BCUT2D eigenvalue weighted by molar-refractivity contribution is 1.25. The van der Waals surface area contributed by atoms with Crippen molar-refractivity contribution in [3.63, 3.8) is 0 Å². The molecule has 1 nitrogen and oxygen atoms in total. The van der Waals surface area contributed by atoms with Crippen LogP contribution in [0.25, 0.3) is 0 Å². The Morgan fingerprint density at radius 3 is 2.83 bits per heavy atom. The van der Waals surface area contributed by atoms with Gasteiger partial charge >= 0.3 is 0 Å². The van der Waals surface area contributed by atoms with E-state index in [1.54, 1.807) is 0 Å². The van der Waals surface area contributed by atoms with Gasteiger partial charge in [0.1, 0.15) is 0 Å². The molecule has 0 fully saturated rings. The third-order valence-electron chi connectivity index (χ3n) is 1.95. The molecule has 0 aliphatic heterocycles. The van der Waals surface area contributed by atoms with E-state index >= 15 is 0 Å². The zero-order valence-corrected chi connectivity index (χ0v) is 7.72. The largest absolute Gasteiger partial charge is 0.388 e. The summed E-state index contributed by atoms with van der Waals surface area (Å²) >= 11 is 0. The molecule has 1 N–H and O–H groups in total. The van der Waals surface area contributed by atoms with Gasteiger partial charge in [-0.1, -0.05) is 18.2 Å². The highest BCUT2D eigenvalue weighted by Gasteiger charge is 1.96. The van der Waals surface area contributed by atoms with Crippen LogP contribution in [0.1, 0.15) is 11.1 Å². The maximum absolute atomic E-state index is 3.71. The van der Waals surface area contributed by atoms with Crippen LogP contribution < -0.4 is 5.32 Å². The minimum atomic E-state index is 0.939. The Morgan fingerprint density at radius 2 is 2.25 bits per heavy atom. The molecule has 0 aromatic heterocycles. The summed E-state index contributed by atoms with van der Waals surface area (Å²) < 4.78 is 0. The number of hydrogen-bond acceptors (Lipinski definition) is 1. The molecule has 0 aliphatic rings. The Balaban J connectivity index is 2.96. The molecule has 0 radical (unpaired) electrons. The van der Waals surface area contributed by atoms with Gasteiger partial charge in [-0.15, -0.1) is 6.58 Å². The second kappa shape index (κ2) is 3.96. The van der Waals surface area contributed by atoms with Crippen LogP contribution in [0, 0.1) is 6.92 Å². The molecule has 1 aromatic carbocycles.